The minimum absolute atomic E-state index is 0.0301. The minimum Gasteiger partial charge on any atom is -0.388 e. The first kappa shape index (κ1) is 15.1. The van der Waals surface area contributed by atoms with E-state index in [0.717, 1.165) is 30.8 Å². The van der Waals surface area contributed by atoms with Crippen LogP contribution in [-0.2, 0) is 13.0 Å². The second-order valence-electron chi connectivity index (χ2n) is 4.89. The number of imidazole rings is 1. The Balaban J connectivity index is 1.73. The number of amides is 1. The van der Waals surface area contributed by atoms with Crippen LogP contribution in [0.3, 0.4) is 0 Å². The van der Waals surface area contributed by atoms with Crippen LogP contribution in [-0.4, -0.2) is 29.1 Å². The molecule has 0 aliphatic carbocycles. The molecule has 112 valence electrons. The van der Waals surface area contributed by atoms with Crippen LogP contribution >= 0.6 is 0 Å². The molecule has 0 aliphatic rings. The molecule has 0 atom stereocenters. The van der Waals surface area contributed by atoms with Gasteiger partial charge in [-0.15, -0.1) is 0 Å². The number of nitrogens with zero attached hydrogens (tertiary/aromatic N) is 2. The van der Waals surface area contributed by atoms with Crippen LogP contribution in [0.4, 0.5) is 5.69 Å². The largest absolute Gasteiger partial charge is 0.388 e. The zero-order valence-corrected chi connectivity index (χ0v) is 12.6. The Morgan fingerprint density at radius 1 is 1.29 bits per heavy atom. The average Bonchev–Trinajstić information content (AvgIpc) is 2.99. The Hall–Kier alpha value is -2.30. The van der Waals surface area contributed by atoms with Crippen molar-refractivity contribution in [3.05, 3.63) is 48.0 Å². The molecule has 21 heavy (non-hydrogen) atoms. The molecule has 0 spiro atoms. The molecule has 1 heterocycles. The summed E-state index contributed by atoms with van der Waals surface area (Å²) in [4.78, 5) is 16.2. The third-order valence-electron chi connectivity index (χ3n) is 3.36. The molecule has 0 unspecified atom stereocenters. The average molecular weight is 286 g/mol. The summed E-state index contributed by atoms with van der Waals surface area (Å²) in [5.41, 5.74) is 2.78. The van der Waals surface area contributed by atoms with Gasteiger partial charge in [-0.05, 0) is 37.1 Å². The van der Waals surface area contributed by atoms with E-state index in [1.807, 2.05) is 37.6 Å². The summed E-state index contributed by atoms with van der Waals surface area (Å²) >= 11 is 0. The number of benzene rings is 1. The number of anilines is 1. The van der Waals surface area contributed by atoms with E-state index in [4.69, 9.17) is 0 Å². The van der Waals surface area contributed by atoms with Crippen LogP contribution in [0.5, 0.6) is 0 Å². The SMILES string of the molecule is CCc1cn(CCCNC(=O)c2ccc(NC)cc2)cn1. The van der Waals surface area contributed by atoms with Gasteiger partial charge in [0.2, 0.25) is 0 Å². The van der Waals surface area contributed by atoms with E-state index in [1.54, 1.807) is 0 Å². The zero-order valence-electron chi connectivity index (χ0n) is 12.6. The monoisotopic (exact) mass is 286 g/mol. The molecule has 1 aromatic heterocycles. The molecular weight excluding hydrogens is 264 g/mol. The first-order valence-electron chi connectivity index (χ1n) is 7.29. The standard InChI is InChI=1S/C16H22N4O/c1-3-14-11-20(12-19-14)10-4-9-18-16(21)13-5-7-15(17-2)8-6-13/h5-8,11-12,17H,3-4,9-10H2,1-2H3,(H,18,21). The lowest BCUT2D eigenvalue weighted by molar-refractivity contribution is 0.0953. The number of nitrogens with one attached hydrogen (secondary N) is 2. The Labute approximate surface area is 125 Å². The maximum absolute atomic E-state index is 12.0. The fourth-order valence-electron chi connectivity index (χ4n) is 2.07. The fraction of sp³-hybridized carbons (Fsp3) is 0.375. The molecule has 0 bridgehead atoms. The van der Waals surface area contributed by atoms with Gasteiger partial charge in [-0.2, -0.15) is 0 Å². The van der Waals surface area contributed by atoms with E-state index < -0.39 is 0 Å². The summed E-state index contributed by atoms with van der Waals surface area (Å²) in [6.45, 7) is 3.62. The van der Waals surface area contributed by atoms with Crippen molar-refractivity contribution in [2.75, 3.05) is 18.9 Å². The molecule has 2 rings (SSSR count). The van der Waals surface area contributed by atoms with Gasteiger partial charge in [-0.25, -0.2) is 4.98 Å². The highest BCUT2D eigenvalue weighted by atomic mass is 16.1. The first-order chi connectivity index (χ1) is 10.2. The maximum atomic E-state index is 12.0. The number of carbonyl (C=O) groups excluding carboxylic acids is 1. The molecule has 0 fully saturated rings. The maximum Gasteiger partial charge on any atom is 0.251 e. The molecule has 0 radical (unpaired) electrons. The van der Waals surface area contributed by atoms with Crippen LogP contribution < -0.4 is 10.6 Å². The Kier molecular flexibility index (Phi) is 5.37. The van der Waals surface area contributed by atoms with Crippen molar-refractivity contribution >= 4 is 11.6 Å². The number of carbonyl (C=O) groups is 1. The summed E-state index contributed by atoms with van der Waals surface area (Å²) in [6.07, 6.45) is 5.74. The molecule has 0 saturated carbocycles. The normalized spacial score (nSPS) is 10.4. The van der Waals surface area contributed by atoms with Crippen molar-refractivity contribution in [2.24, 2.45) is 0 Å². The Morgan fingerprint density at radius 2 is 2.05 bits per heavy atom. The second-order valence-corrected chi connectivity index (χ2v) is 4.89. The molecule has 1 aromatic carbocycles. The molecule has 1 amide bonds. The Bertz CT molecular complexity index is 574. The lowest BCUT2D eigenvalue weighted by Crippen LogP contribution is -2.25. The lowest BCUT2D eigenvalue weighted by Gasteiger charge is -2.06. The number of hydrogen-bond donors (Lipinski definition) is 2. The summed E-state index contributed by atoms with van der Waals surface area (Å²) < 4.78 is 2.06. The van der Waals surface area contributed by atoms with Gasteiger partial charge in [0.15, 0.2) is 0 Å². The van der Waals surface area contributed by atoms with Crippen molar-refractivity contribution < 1.29 is 4.79 Å². The highest BCUT2D eigenvalue weighted by molar-refractivity contribution is 5.94. The van der Waals surface area contributed by atoms with E-state index in [9.17, 15) is 4.79 Å². The van der Waals surface area contributed by atoms with Crippen LogP contribution in [0.25, 0.3) is 0 Å². The number of rotatable bonds is 7. The third kappa shape index (κ3) is 4.34. The molecule has 0 aliphatic heterocycles. The smallest absolute Gasteiger partial charge is 0.251 e. The van der Waals surface area contributed by atoms with Crippen molar-refractivity contribution in [2.45, 2.75) is 26.3 Å². The molecule has 2 aromatic rings. The van der Waals surface area contributed by atoms with Crippen LogP contribution in [0, 0.1) is 0 Å². The van der Waals surface area contributed by atoms with Gasteiger partial charge in [0.05, 0.1) is 12.0 Å². The van der Waals surface area contributed by atoms with Crippen molar-refractivity contribution in [3.63, 3.8) is 0 Å². The van der Waals surface area contributed by atoms with Crippen LogP contribution in [0.1, 0.15) is 29.4 Å². The van der Waals surface area contributed by atoms with Crippen LogP contribution in [0.15, 0.2) is 36.8 Å². The van der Waals surface area contributed by atoms with E-state index in [0.29, 0.717) is 12.1 Å². The van der Waals surface area contributed by atoms with Crippen molar-refractivity contribution in [1.82, 2.24) is 14.9 Å². The quantitative estimate of drug-likeness (QED) is 0.768. The fourth-order valence-corrected chi connectivity index (χ4v) is 2.07. The second kappa shape index (κ2) is 7.47. The summed E-state index contributed by atoms with van der Waals surface area (Å²) in [6, 6.07) is 7.44. The predicted molar refractivity (Wildman–Crippen MR) is 84.5 cm³/mol. The Morgan fingerprint density at radius 3 is 2.67 bits per heavy atom. The number of aromatic nitrogens is 2. The molecular formula is C16H22N4O. The van der Waals surface area contributed by atoms with E-state index >= 15 is 0 Å². The van der Waals surface area contributed by atoms with Crippen molar-refractivity contribution in [3.8, 4) is 0 Å². The van der Waals surface area contributed by atoms with Gasteiger partial charge in [0, 0.05) is 37.6 Å². The summed E-state index contributed by atoms with van der Waals surface area (Å²) in [5.74, 6) is -0.0301. The van der Waals surface area contributed by atoms with E-state index in [-0.39, 0.29) is 5.91 Å². The van der Waals surface area contributed by atoms with Gasteiger partial charge in [-0.3, -0.25) is 4.79 Å². The zero-order chi connectivity index (χ0) is 15.1. The van der Waals surface area contributed by atoms with Gasteiger partial charge in [0.1, 0.15) is 0 Å². The highest BCUT2D eigenvalue weighted by Crippen LogP contribution is 2.08. The van der Waals surface area contributed by atoms with Crippen molar-refractivity contribution in [1.29, 1.82) is 0 Å². The topological polar surface area (TPSA) is 59.0 Å². The van der Waals surface area contributed by atoms with Gasteiger partial charge < -0.3 is 15.2 Å². The number of aryl methyl sites for hydroxylation is 2. The minimum atomic E-state index is -0.0301. The predicted octanol–water partition coefficient (Wildman–Crippen LogP) is 2.31. The van der Waals surface area contributed by atoms with Gasteiger partial charge in [-0.1, -0.05) is 6.92 Å². The highest BCUT2D eigenvalue weighted by Gasteiger charge is 2.04. The molecule has 5 nitrogen and oxygen atoms in total. The van der Waals surface area contributed by atoms with Crippen LogP contribution in [0.2, 0.25) is 0 Å². The van der Waals surface area contributed by atoms with Gasteiger partial charge >= 0.3 is 0 Å². The van der Waals surface area contributed by atoms with Gasteiger partial charge in [0.25, 0.3) is 5.91 Å². The molecule has 5 heteroatoms. The molecule has 2 N–H and O–H groups in total. The third-order valence-corrected chi connectivity index (χ3v) is 3.36. The molecule has 0 saturated heterocycles. The number of hydrogen-bond acceptors (Lipinski definition) is 3. The lowest BCUT2D eigenvalue weighted by atomic mass is 10.2. The summed E-state index contributed by atoms with van der Waals surface area (Å²) in [7, 11) is 1.86. The van der Waals surface area contributed by atoms with E-state index in [2.05, 4.69) is 33.3 Å². The van der Waals surface area contributed by atoms with E-state index in [1.165, 1.54) is 0 Å². The summed E-state index contributed by atoms with van der Waals surface area (Å²) in [5, 5.41) is 5.96. The first-order valence-corrected chi connectivity index (χ1v) is 7.29.